The van der Waals surface area contributed by atoms with Crippen molar-refractivity contribution in [1.82, 2.24) is 15.2 Å². The van der Waals surface area contributed by atoms with E-state index in [4.69, 9.17) is 4.74 Å². The molecular formula is C11H12N4O2S. The normalized spacial score (nSPS) is 15.9. The molecule has 0 radical (unpaired) electrons. The Hall–Kier alpha value is -1.73. The van der Waals surface area contributed by atoms with Crippen LogP contribution in [-0.4, -0.2) is 41.5 Å². The minimum atomic E-state index is -0.200. The van der Waals surface area contributed by atoms with Crippen LogP contribution >= 0.6 is 11.3 Å². The zero-order chi connectivity index (χ0) is 12.4. The topological polar surface area (TPSA) is 71.1 Å². The van der Waals surface area contributed by atoms with Crippen LogP contribution in [0.25, 0.3) is 10.6 Å². The molecule has 1 N–H and O–H groups in total. The van der Waals surface area contributed by atoms with Gasteiger partial charge in [-0.2, -0.15) is 0 Å². The summed E-state index contributed by atoms with van der Waals surface area (Å²) < 4.78 is 5.25. The molecule has 0 bridgehead atoms. The fourth-order valence-electron chi connectivity index (χ4n) is 1.82. The second kappa shape index (κ2) is 4.87. The van der Waals surface area contributed by atoms with Gasteiger partial charge >= 0.3 is 0 Å². The van der Waals surface area contributed by atoms with Gasteiger partial charge in [-0.1, -0.05) is 6.07 Å². The van der Waals surface area contributed by atoms with Gasteiger partial charge in [-0.15, -0.1) is 21.5 Å². The molecule has 1 aliphatic rings. The molecule has 0 aliphatic carbocycles. The highest BCUT2D eigenvalue weighted by Crippen LogP contribution is 2.19. The van der Waals surface area contributed by atoms with Crippen LogP contribution in [0.15, 0.2) is 22.3 Å². The van der Waals surface area contributed by atoms with E-state index in [-0.39, 0.29) is 5.56 Å². The molecule has 2 aromatic rings. The van der Waals surface area contributed by atoms with Gasteiger partial charge in [0.2, 0.25) is 5.95 Å². The highest BCUT2D eigenvalue weighted by Gasteiger charge is 2.15. The number of nitrogens with zero attached hydrogens (tertiary/aromatic N) is 3. The Labute approximate surface area is 107 Å². The summed E-state index contributed by atoms with van der Waals surface area (Å²) >= 11 is 1.48. The maximum absolute atomic E-state index is 12.0. The minimum absolute atomic E-state index is 0.200. The number of nitrogens with one attached hydrogen (secondary N) is 1. The van der Waals surface area contributed by atoms with Crippen LogP contribution in [0.4, 0.5) is 5.95 Å². The van der Waals surface area contributed by atoms with Crippen LogP contribution in [-0.2, 0) is 4.74 Å². The molecule has 0 aromatic carbocycles. The Morgan fingerprint density at radius 3 is 2.83 bits per heavy atom. The van der Waals surface area contributed by atoms with Gasteiger partial charge in [0.1, 0.15) is 0 Å². The summed E-state index contributed by atoms with van der Waals surface area (Å²) in [7, 11) is 0. The van der Waals surface area contributed by atoms with Gasteiger partial charge in [-0.25, -0.2) is 0 Å². The first-order valence-corrected chi connectivity index (χ1v) is 6.56. The molecular weight excluding hydrogens is 252 g/mol. The van der Waals surface area contributed by atoms with Gasteiger partial charge in [0.25, 0.3) is 5.56 Å². The third kappa shape index (κ3) is 2.14. The number of aromatic amines is 1. The Morgan fingerprint density at radius 1 is 1.33 bits per heavy atom. The van der Waals surface area contributed by atoms with E-state index in [1.165, 1.54) is 11.3 Å². The largest absolute Gasteiger partial charge is 0.378 e. The maximum atomic E-state index is 12.0. The Bertz CT molecular complexity index is 575. The van der Waals surface area contributed by atoms with Gasteiger partial charge in [0, 0.05) is 13.1 Å². The quantitative estimate of drug-likeness (QED) is 0.866. The van der Waals surface area contributed by atoms with Crippen molar-refractivity contribution in [2.24, 2.45) is 0 Å². The molecule has 18 heavy (non-hydrogen) atoms. The summed E-state index contributed by atoms with van der Waals surface area (Å²) in [5.74, 6) is 0.517. The highest BCUT2D eigenvalue weighted by atomic mass is 32.1. The van der Waals surface area contributed by atoms with Crippen molar-refractivity contribution in [3.8, 4) is 10.6 Å². The first kappa shape index (κ1) is 11.4. The predicted octanol–water partition coefficient (Wildman–Crippen LogP) is 0.730. The van der Waals surface area contributed by atoms with Crippen LogP contribution in [0, 0.1) is 0 Å². The van der Waals surface area contributed by atoms with Crippen LogP contribution < -0.4 is 10.5 Å². The van der Waals surface area contributed by atoms with Crippen molar-refractivity contribution in [3.63, 3.8) is 0 Å². The fraction of sp³-hybridized carbons (Fsp3) is 0.364. The van der Waals surface area contributed by atoms with Crippen LogP contribution in [0.1, 0.15) is 0 Å². The van der Waals surface area contributed by atoms with Crippen molar-refractivity contribution in [1.29, 1.82) is 0 Å². The number of rotatable bonds is 2. The van der Waals surface area contributed by atoms with Crippen molar-refractivity contribution in [2.75, 3.05) is 31.2 Å². The van der Waals surface area contributed by atoms with Crippen LogP contribution in [0.2, 0.25) is 0 Å². The zero-order valence-electron chi connectivity index (χ0n) is 9.63. The van der Waals surface area contributed by atoms with E-state index >= 15 is 0 Å². The maximum Gasteiger partial charge on any atom is 0.280 e. The number of hydrogen-bond acceptors (Lipinski definition) is 6. The van der Waals surface area contributed by atoms with Gasteiger partial charge < -0.3 is 9.64 Å². The molecule has 0 spiro atoms. The lowest BCUT2D eigenvalue weighted by Gasteiger charge is -2.26. The summed E-state index contributed by atoms with van der Waals surface area (Å²) in [5, 5.41) is 10.0. The molecule has 1 saturated heterocycles. The lowest BCUT2D eigenvalue weighted by Crippen LogP contribution is -2.38. The number of hydrogen-bond donors (Lipinski definition) is 1. The number of morpholine rings is 1. The summed E-state index contributed by atoms with van der Waals surface area (Å²) in [4.78, 5) is 17.6. The van der Waals surface area contributed by atoms with Crippen molar-refractivity contribution in [3.05, 3.63) is 27.9 Å². The predicted molar refractivity (Wildman–Crippen MR) is 69.0 cm³/mol. The van der Waals surface area contributed by atoms with E-state index in [0.29, 0.717) is 24.9 Å². The first-order valence-electron chi connectivity index (χ1n) is 5.68. The smallest absolute Gasteiger partial charge is 0.280 e. The lowest BCUT2D eigenvalue weighted by atomic mass is 10.4. The molecule has 1 aliphatic heterocycles. The third-order valence-electron chi connectivity index (χ3n) is 2.75. The van der Waals surface area contributed by atoms with Gasteiger partial charge in [0.15, 0.2) is 5.69 Å². The van der Waals surface area contributed by atoms with Crippen molar-refractivity contribution >= 4 is 17.3 Å². The highest BCUT2D eigenvalue weighted by molar-refractivity contribution is 7.13. The molecule has 0 saturated carbocycles. The summed E-state index contributed by atoms with van der Waals surface area (Å²) in [6.45, 7) is 2.75. The monoisotopic (exact) mass is 264 g/mol. The third-order valence-corrected chi connectivity index (χ3v) is 3.63. The summed E-state index contributed by atoms with van der Waals surface area (Å²) in [6, 6.07) is 3.75. The molecule has 3 heterocycles. The van der Waals surface area contributed by atoms with E-state index in [0.717, 1.165) is 18.0 Å². The van der Waals surface area contributed by atoms with Crippen LogP contribution in [0.5, 0.6) is 0 Å². The second-order valence-corrected chi connectivity index (χ2v) is 4.85. The summed E-state index contributed by atoms with van der Waals surface area (Å²) in [5.41, 5.74) is 0.177. The van der Waals surface area contributed by atoms with Gasteiger partial charge in [-0.05, 0) is 11.4 Å². The number of anilines is 1. The molecule has 0 atom stereocenters. The van der Waals surface area contributed by atoms with E-state index in [2.05, 4.69) is 15.2 Å². The van der Waals surface area contributed by atoms with Crippen molar-refractivity contribution in [2.45, 2.75) is 0 Å². The molecule has 1 fully saturated rings. The van der Waals surface area contributed by atoms with E-state index in [1.807, 2.05) is 22.4 Å². The Kier molecular flexibility index (Phi) is 3.07. The van der Waals surface area contributed by atoms with E-state index in [1.54, 1.807) is 0 Å². The first-order chi connectivity index (χ1) is 8.84. The number of H-pyrrole nitrogens is 1. The van der Waals surface area contributed by atoms with Gasteiger partial charge in [-0.3, -0.25) is 9.78 Å². The number of thiophene rings is 1. The van der Waals surface area contributed by atoms with E-state index in [9.17, 15) is 4.79 Å². The minimum Gasteiger partial charge on any atom is -0.378 e. The zero-order valence-corrected chi connectivity index (χ0v) is 10.4. The molecule has 2 aromatic heterocycles. The van der Waals surface area contributed by atoms with Gasteiger partial charge in [0.05, 0.1) is 18.1 Å². The number of aromatic nitrogens is 3. The second-order valence-electron chi connectivity index (χ2n) is 3.90. The SMILES string of the molecule is O=c1[nH]c(N2CCOCC2)nnc1-c1cccs1. The van der Waals surface area contributed by atoms with Crippen molar-refractivity contribution < 1.29 is 4.74 Å². The molecule has 6 nitrogen and oxygen atoms in total. The molecule has 94 valence electrons. The lowest BCUT2D eigenvalue weighted by molar-refractivity contribution is 0.122. The van der Waals surface area contributed by atoms with Crippen LogP contribution in [0.3, 0.4) is 0 Å². The Morgan fingerprint density at radius 2 is 2.17 bits per heavy atom. The Balaban J connectivity index is 1.91. The summed E-state index contributed by atoms with van der Waals surface area (Å²) in [6.07, 6.45) is 0. The molecule has 3 rings (SSSR count). The molecule has 0 unspecified atom stereocenters. The fourth-order valence-corrected chi connectivity index (χ4v) is 2.53. The molecule has 7 heteroatoms. The average Bonchev–Trinajstić information content (AvgIpc) is 2.93. The van der Waals surface area contributed by atoms with E-state index < -0.39 is 0 Å². The average molecular weight is 264 g/mol. The standard InChI is InChI=1S/C11H12N4O2S/c16-10-9(8-2-1-7-18-8)13-14-11(12-10)15-3-5-17-6-4-15/h1-2,7H,3-6H2,(H,12,14,16). The number of ether oxygens (including phenoxy) is 1. The molecule has 0 amide bonds.